The lowest BCUT2D eigenvalue weighted by atomic mass is 9.88. The highest BCUT2D eigenvalue weighted by Crippen LogP contribution is 2.19. The van der Waals surface area contributed by atoms with Crippen LogP contribution in [0.15, 0.2) is 30.3 Å². The molecule has 4 nitrogen and oxygen atoms in total. The standard InChI is InChI=1S/C16H25N3O.2ClH/c1-12(14-9-17-10-14)16(20)18-11-15(19(2)3)13-7-5-4-6-8-13;;/h4-8,12,14-15,17H,9-11H2,1-3H3,(H,18,20);2*1H. The molecule has 1 aromatic rings. The second-order valence-electron chi connectivity index (χ2n) is 5.84. The van der Waals surface area contributed by atoms with E-state index in [1.165, 1.54) is 5.56 Å². The average molecular weight is 348 g/mol. The van der Waals surface area contributed by atoms with Crippen LogP contribution >= 0.6 is 24.8 Å². The summed E-state index contributed by atoms with van der Waals surface area (Å²) in [6, 6.07) is 10.5. The number of carbonyl (C=O) groups excluding carboxylic acids is 1. The van der Waals surface area contributed by atoms with Gasteiger partial charge in [-0.3, -0.25) is 4.79 Å². The Labute approximate surface area is 145 Å². The molecule has 0 saturated carbocycles. The minimum atomic E-state index is 0. The lowest BCUT2D eigenvalue weighted by Gasteiger charge is -2.32. The van der Waals surface area contributed by atoms with Gasteiger partial charge in [0.15, 0.2) is 0 Å². The normalized spacial score (nSPS) is 16.7. The first-order valence-electron chi connectivity index (χ1n) is 7.29. The van der Waals surface area contributed by atoms with Crippen LogP contribution in [0.25, 0.3) is 0 Å². The summed E-state index contributed by atoms with van der Waals surface area (Å²) in [7, 11) is 4.09. The summed E-state index contributed by atoms with van der Waals surface area (Å²) >= 11 is 0. The third kappa shape index (κ3) is 5.43. The molecule has 2 atom stereocenters. The highest BCUT2D eigenvalue weighted by atomic mass is 35.5. The number of amides is 1. The van der Waals surface area contributed by atoms with Crippen molar-refractivity contribution in [3.63, 3.8) is 0 Å². The third-order valence-electron chi connectivity index (χ3n) is 4.21. The van der Waals surface area contributed by atoms with Gasteiger partial charge in [0.2, 0.25) is 5.91 Å². The van der Waals surface area contributed by atoms with Crippen molar-refractivity contribution in [2.45, 2.75) is 13.0 Å². The number of carbonyl (C=O) groups is 1. The minimum Gasteiger partial charge on any atom is -0.354 e. The van der Waals surface area contributed by atoms with Gasteiger partial charge in [0, 0.05) is 12.5 Å². The van der Waals surface area contributed by atoms with E-state index in [-0.39, 0.29) is 42.7 Å². The molecule has 1 aliphatic heterocycles. The van der Waals surface area contributed by atoms with Crippen molar-refractivity contribution in [2.24, 2.45) is 11.8 Å². The van der Waals surface area contributed by atoms with Gasteiger partial charge in [-0.15, -0.1) is 24.8 Å². The fourth-order valence-corrected chi connectivity index (χ4v) is 2.51. The van der Waals surface area contributed by atoms with E-state index in [9.17, 15) is 4.79 Å². The molecular formula is C16H27Cl2N3O. The molecule has 2 N–H and O–H groups in total. The molecule has 22 heavy (non-hydrogen) atoms. The van der Waals surface area contributed by atoms with Gasteiger partial charge in [-0.25, -0.2) is 0 Å². The average Bonchev–Trinajstić information content (AvgIpc) is 2.37. The molecule has 1 aliphatic rings. The summed E-state index contributed by atoms with van der Waals surface area (Å²) in [5.41, 5.74) is 1.23. The van der Waals surface area contributed by atoms with Gasteiger partial charge >= 0.3 is 0 Å². The number of rotatable bonds is 6. The predicted molar refractivity (Wildman–Crippen MR) is 95.9 cm³/mol. The Hall–Kier alpha value is -0.810. The quantitative estimate of drug-likeness (QED) is 0.828. The van der Waals surface area contributed by atoms with Crippen molar-refractivity contribution in [1.82, 2.24) is 15.5 Å². The van der Waals surface area contributed by atoms with Crippen LogP contribution in [-0.4, -0.2) is 44.5 Å². The van der Waals surface area contributed by atoms with Crippen molar-refractivity contribution in [3.05, 3.63) is 35.9 Å². The van der Waals surface area contributed by atoms with Crippen LogP contribution in [0.2, 0.25) is 0 Å². The Bertz CT molecular complexity index is 438. The highest BCUT2D eigenvalue weighted by molar-refractivity contribution is 5.85. The SMILES string of the molecule is CC(C(=O)NCC(c1ccccc1)N(C)C)C1CNC1.Cl.Cl. The maximum atomic E-state index is 12.2. The molecule has 1 heterocycles. The lowest BCUT2D eigenvalue weighted by molar-refractivity contribution is -0.126. The Balaban J connectivity index is 0.00000220. The Morgan fingerprint density at radius 1 is 1.27 bits per heavy atom. The maximum Gasteiger partial charge on any atom is 0.223 e. The van der Waals surface area contributed by atoms with Crippen LogP contribution in [0.1, 0.15) is 18.5 Å². The van der Waals surface area contributed by atoms with E-state index in [1.54, 1.807) is 0 Å². The zero-order chi connectivity index (χ0) is 14.5. The number of hydrogen-bond acceptors (Lipinski definition) is 3. The van der Waals surface area contributed by atoms with Crippen molar-refractivity contribution in [1.29, 1.82) is 0 Å². The molecule has 0 aliphatic carbocycles. The molecule has 1 aromatic carbocycles. The fourth-order valence-electron chi connectivity index (χ4n) is 2.51. The lowest BCUT2D eigenvalue weighted by Crippen LogP contribution is -2.50. The number of hydrogen-bond donors (Lipinski definition) is 2. The topological polar surface area (TPSA) is 44.4 Å². The summed E-state index contributed by atoms with van der Waals surface area (Å²) in [6.07, 6.45) is 0. The van der Waals surface area contributed by atoms with Crippen molar-refractivity contribution >= 4 is 30.7 Å². The zero-order valence-electron chi connectivity index (χ0n) is 13.4. The summed E-state index contributed by atoms with van der Waals surface area (Å²) < 4.78 is 0. The summed E-state index contributed by atoms with van der Waals surface area (Å²) in [5.74, 6) is 0.749. The first-order chi connectivity index (χ1) is 9.59. The number of nitrogens with one attached hydrogen (secondary N) is 2. The largest absolute Gasteiger partial charge is 0.354 e. The van der Waals surface area contributed by atoms with Gasteiger partial charge in [-0.05, 0) is 38.7 Å². The fraction of sp³-hybridized carbons (Fsp3) is 0.562. The first-order valence-corrected chi connectivity index (χ1v) is 7.29. The van der Waals surface area contributed by atoms with Crippen LogP contribution in [0.5, 0.6) is 0 Å². The van der Waals surface area contributed by atoms with E-state index < -0.39 is 0 Å². The summed E-state index contributed by atoms with van der Waals surface area (Å²) in [4.78, 5) is 14.3. The summed E-state index contributed by atoms with van der Waals surface area (Å²) in [6.45, 7) is 4.60. The minimum absolute atomic E-state index is 0. The molecule has 0 bridgehead atoms. The van der Waals surface area contributed by atoms with E-state index in [0.29, 0.717) is 12.5 Å². The first kappa shape index (κ1) is 21.2. The highest BCUT2D eigenvalue weighted by Gasteiger charge is 2.29. The van der Waals surface area contributed by atoms with Crippen LogP contribution < -0.4 is 10.6 Å². The van der Waals surface area contributed by atoms with Gasteiger partial charge < -0.3 is 15.5 Å². The van der Waals surface area contributed by atoms with E-state index in [1.807, 2.05) is 39.2 Å². The molecule has 1 fully saturated rings. The van der Waals surface area contributed by atoms with Crippen LogP contribution in [0.3, 0.4) is 0 Å². The Morgan fingerprint density at radius 3 is 2.32 bits per heavy atom. The molecule has 6 heteroatoms. The van der Waals surface area contributed by atoms with E-state index in [2.05, 4.69) is 27.7 Å². The predicted octanol–water partition coefficient (Wildman–Crippen LogP) is 2.10. The van der Waals surface area contributed by atoms with Crippen molar-refractivity contribution in [2.75, 3.05) is 33.7 Å². The third-order valence-corrected chi connectivity index (χ3v) is 4.21. The van der Waals surface area contributed by atoms with E-state index in [0.717, 1.165) is 13.1 Å². The number of halogens is 2. The second kappa shape index (κ2) is 10.1. The number of benzene rings is 1. The van der Waals surface area contributed by atoms with E-state index >= 15 is 0 Å². The number of nitrogens with zero attached hydrogens (tertiary/aromatic N) is 1. The van der Waals surface area contributed by atoms with Gasteiger partial charge in [-0.1, -0.05) is 37.3 Å². The zero-order valence-corrected chi connectivity index (χ0v) is 15.0. The molecule has 1 amide bonds. The maximum absolute atomic E-state index is 12.2. The molecule has 0 radical (unpaired) electrons. The smallest absolute Gasteiger partial charge is 0.223 e. The Morgan fingerprint density at radius 2 is 1.86 bits per heavy atom. The molecular weight excluding hydrogens is 321 g/mol. The van der Waals surface area contributed by atoms with Crippen LogP contribution in [0, 0.1) is 11.8 Å². The van der Waals surface area contributed by atoms with Crippen molar-refractivity contribution in [3.8, 4) is 0 Å². The van der Waals surface area contributed by atoms with E-state index in [4.69, 9.17) is 0 Å². The number of likely N-dealkylation sites (N-methyl/N-ethyl adjacent to an activating group) is 1. The van der Waals surface area contributed by atoms with Gasteiger partial charge in [0.1, 0.15) is 0 Å². The molecule has 2 unspecified atom stereocenters. The van der Waals surface area contributed by atoms with Crippen LogP contribution in [0.4, 0.5) is 0 Å². The van der Waals surface area contributed by atoms with Gasteiger partial charge in [0.05, 0.1) is 6.04 Å². The monoisotopic (exact) mass is 347 g/mol. The molecule has 1 saturated heterocycles. The summed E-state index contributed by atoms with van der Waals surface area (Å²) in [5, 5.41) is 6.32. The van der Waals surface area contributed by atoms with Gasteiger partial charge in [-0.2, -0.15) is 0 Å². The second-order valence-corrected chi connectivity index (χ2v) is 5.84. The molecule has 0 spiro atoms. The van der Waals surface area contributed by atoms with Crippen LogP contribution in [-0.2, 0) is 4.79 Å². The molecule has 0 aromatic heterocycles. The molecule has 126 valence electrons. The molecule has 2 rings (SSSR count). The Kier molecular flexibility index (Phi) is 9.69. The van der Waals surface area contributed by atoms with Gasteiger partial charge in [0.25, 0.3) is 0 Å². The van der Waals surface area contributed by atoms with Crippen molar-refractivity contribution < 1.29 is 4.79 Å².